The molecule has 0 spiro atoms. The molecule has 1 aromatic heterocycles. The Bertz CT molecular complexity index is 727. The van der Waals surface area contributed by atoms with Gasteiger partial charge in [0.15, 0.2) is 5.16 Å². The van der Waals surface area contributed by atoms with Crippen LogP contribution in [0, 0.1) is 0 Å². The molecule has 25 heavy (non-hydrogen) atoms. The van der Waals surface area contributed by atoms with Gasteiger partial charge in [-0.3, -0.25) is 9.59 Å². The molecule has 0 bridgehead atoms. The first kappa shape index (κ1) is 19.0. The van der Waals surface area contributed by atoms with Crippen molar-refractivity contribution in [2.24, 2.45) is 0 Å². The van der Waals surface area contributed by atoms with Gasteiger partial charge >= 0.3 is 0 Å². The summed E-state index contributed by atoms with van der Waals surface area (Å²) in [6.45, 7) is 7.94. The van der Waals surface area contributed by atoms with Crippen LogP contribution in [0.15, 0.2) is 35.7 Å². The first-order valence-electron chi connectivity index (χ1n) is 8.28. The number of thioether (sulfide) groups is 1. The van der Waals surface area contributed by atoms with E-state index < -0.39 is 0 Å². The SMILES string of the molecule is CCN(CC)C(=O)c1cccc(NC(=O)CSc2nncn2CC)c1. The standard InChI is InChI=1S/C17H23N5O2S/c1-4-21(5-2)16(24)13-8-7-9-14(10-13)19-15(23)11-25-17-20-18-12-22(17)6-3/h7-10,12H,4-6,11H2,1-3H3,(H,19,23). The number of aryl methyl sites for hydroxylation is 1. The number of benzene rings is 1. The normalized spacial score (nSPS) is 10.5. The average Bonchev–Trinajstić information content (AvgIpc) is 3.08. The molecule has 0 atom stereocenters. The van der Waals surface area contributed by atoms with Crippen LogP contribution >= 0.6 is 11.8 Å². The molecule has 1 N–H and O–H groups in total. The minimum Gasteiger partial charge on any atom is -0.339 e. The fourth-order valence-electron chi connectivity index (χ4n) is 2.32. The second-order valence-electron chi connectivity index (χ2n) is 5.29. The van der Waals surface area contributed by atoms with E-state index in [4.69, 9.17) is 0 Å². The van der Waals surface area contributed by atoms with Crippen molar-refractivity contribution in [3.63, 3.8) is 0 Å². The van der Waals surface area contributed by atoms with Gasteiger partial charge in [-0.15, -0.1) is 10.2 Å². The van der Waals surface area contributed by atoms with Crippen molar-refractivity contribution in [1.82, 2.24) is 19.7 Å². The van der Waals surface area contributed by atoms with Gasteiger partial charge in [-0.1, -0.05) is 17.8 Å². The molecule has 134 valence electrons. The fraction of sp³-hybridized carbons (Fsp3) is 0.412. The highest BCUT2D eigenvalue weighted by atomic mass is 32.2. The highest BCUT2D eigenvalue weighted by Gasteiger charge is 2.13. The van der Waals surface area contributed by atoms with Gasteiger partial charge in [-0.2, -0.15) is 0 Å². The Hall–Kier alpha value is -2.35. The Morgan fingerprint density at radius 3 is 2.68 bits per heavy atom. The zero-order valence-corrected chi connectivity index (χ0v) is 15.5. The van der Waals surface area contributed by atoms with Crippen molar-refractivity contribution in [1.29, 1.82) is 0 Å². The molecule has 0 radical (unpaired) electrons. The van der Waals surface area contributed by atoms with E-state index in [1.165, 1.54) is 11.8 Å². The number of hydrogen-bond acceptors (Lipinski definition) is 5. The number of amides is 2. The lowest BCUT2D eigenvalue weighted by atomic mass is 10.1. The van der Waals surface area contributed by atoms with Gasteiger partial charge in [0.05, 0.1) is 5.75 Å². The number of carbonyl (C=O) groups is 2. The maximum absolute atomic E-state index is 12.4. The summed E-state index contributed by atoms with van der Waals surface area (Å²) in [5, 5.41) is 11.4. The number of carbonyl (C=O) groups excluding carboxylic acids is 2. The summed E-state index contributed by atoms with van der Waals surface area (Å²) in [4.78, 5) is 26.3. The lowest BCUT2D eigenvalue weighted by Crippen LogP contribution is -2.30. The molecule has 0 fully saturated rings. The number of anilines is 1. The first-order valence-corrected chi connectivity index (χ1v) is 9.27. The third-order valence-electron chi connectivity index (χ3n) is 3.70. The van der Waals surface area contributed by atoms with Crippen LogP contribution in [0.2, 0.25) is 0 Å². The molecule has 0 saturated heterocycles. The second-order valence-corrected chi connectivity index (χ2v) is 6.24. The van der Waals surface area contributed by atoms with Gasteiger partial charge in [-0.05, 0) is 39.0 Å². The van der Waals surface area contributed by atoms with Crippen LogP contribution in [-0.4, -0.2) is 50.3 Å². The predicted molar refractivity (Wildman–Crippen MR) is 98.7 cm³/mol. The monoisotopic (exact) mass is 361 g/mol. The zero-order chi connectivity index (χ0) is 18.2. The van der Waals surface area contributed by atoms with Gasteiger partial charge in [0.25, 0.3) is 5.91 Å². The molecule has 8 heteroatoms. The molecular formula is C17H23N5O2S. The molecule has 0 aliphatic rings. The maximum atomic E-state index is 12.4. The van der Waals surface area contributed by atoms with Crippen molar-refractivity contribution < 1.29 is 9.59 Å². The lowest BCUT2D eigenvalue weighted by molar-refractivity contribution is -0.113. The highest BCUT2D eigenvalue weighted by molar-refractivity contribution is 7.99. The van der Waals surface area contributed by atoms with Crippen LogP contribution < -0.4 is 5.32 Å². The Balaban J connectivity index is 1.97. The average molecular weight is 361 g/mol. The summed E-state index contributed by atoms with van der Waals surface area (Å²) < 4.78 is 1.88. The molecule has 1 aromatic carbocycles. The van der Waals surface area contributed by atoms with Gasteiger partial charge in [0.2, 0.25) is 5.91 Å². The molecule has 2 amide bonds. The second kappa shape index (κ2) is 9.22. The van der Waals surface area contributed by atoms with Gasteiger partial charge in [0.1, 0.15) is 6.33 Å². The molecule has 2 rings (SSSR count). The maximum Gasteiger partial charge on any atom is 0.253 e. The van der Waals surface area contributed by atoms with E-state index in [-0.39, 0.29) is 17.6 Å². The number of rotatable bonds is 8. The van der Waals surface area contributed by atoms with Crippen molar-refractivity contribution in [2.75, 3.05) is 24.2 Å². The van der Waals surface area contributed by atoms with E-state index >= 15 is 0 Å². The fourth-order valence-corrected chi connectivity index (χ4v) is 3.10. The molecule has 0 saturated carbocycles. The summed E-state index contributed by atoms with van der Waals surface area (Å²) >= 11 is 1.33. The quantitative estimate of drug-likeness (QED) is 0.731. The molecule has 2 aromatic rings. The summed E-state index contributed by atoms with van der Waals surface area (Å²) in [5.41, 5.74) is 1.18. The Morgan fingerprint density at radius 2 is 2.00 bits per heavy atom. The van der Waals surface area contributed by atoms with E-state index in [1.54, 1.807) is 35.5 Å². The van der Waals surface area contributed by atoms with E-state index in [0.29, 0.717) is 29.5 Å². The Morgan fingerprint density at radius 1 is 1.24 bits per heavy atom. The smallest absolute Gasteiger partial charge is 0.253 e. The van der Waals surface area contributed by atoms with E-state index in [1.807, 2.05) is 25.3 Å². The predicted octanol–water partition coefficient (Wildman–Crippen LogP) is 2.51. The number of nitrogens with zero attached hydrogens (tertiary/aromatic N) is 4. The van der Waals surface area contributed by atoms with E-state index in [9.17, 15) is 9.59 Å². The summed E-state index contributed by atoms with van der Waals surface area (Å²) in [7, 11) is 0. The first-order chi connectivity index (χ1) is 12.1. The van der Waals surface area contributed by atoms with Crippen molar-refractivity contribution in [2.45, 2.75) is 32.5 Å². The minimum absolute atomic E-state index is 0.0356. The van der Waals surface area contributed by atoms with Crippen LogP contribution in [0.1, 0.15) is 31.1 Å². The molecule has 0 aliphatic carbocycles. The van der Waals surface area contributed by atoms with Crippen LogP contribution in [0.25, 0.3) is 0 Å². The topological polar surface area (TPSA) is 80.1 Å². The van der Waals surface area contributed by atoms with Crippen molar-refractivity contribution >= 4 is 29.3 Å². The van der Waals surface area contributed by atoms with E-state index in [2.05, 4.69) is 15.5 Å². The Kier molecular flexibility index (Phi) is 7.00. The summed E-state index contributed by atoms with van der Waals surface area (Å²) in [5.74, 6) is 0.0435. The molecular weight excluding hydrogens is 338 g/mol. The summed E-state index contributed by atoms with van der Waals surface area (Å²) in [6, 6.07) is 7.01. The molecule has 0 aliphatic heterocycles. The van der Waals surface area contributed by atoms with E-state index in [0.717, 1.165) is 6.54 Å². The number of nitrogens with one attached hydrogen (secondary N) is 1. The van der Waals surface area contributed by atoms with Crippen LogP contribution in [-0.2, 0) is 11.3 Å². The van der Waals surface area contributed by atoms with Crippen molar-refractivity contribution in [3.05, 3.63) is 36.2 Å². The largest absolute Gasteiger partial charge is 0.339 e. The molecule has 7 nitrogen and oxygen atoms in total. The van der Waals surface area contributed by atoms with Crippen LogP contribution in [0.5, 0.6) is 0 Å². The van der Waals surface area contributed by atoms with Crippen molar-refractivity contribution in [3.8, 4) is 0 Å². The van der Waals surface area contributed by atoms with Gasteiger partial charge in [0, 0.05) is 30.9 Å². The Labute approximate surface area is 151 Å². The van der Waals surface area contributed by atoms with Gasteiger partial charge < -0.3 is 14.8 Å². The zero-order valence-electron chi connectivity index (χ0n) is 14.7. The third-order valence-corrected chi connectivity index (χ3v) is 4.68. The molecule has 0 unspecified atom stereocenters. The van der Waals surface area contributed by atoms with Crippen LogP contribution in [0.3, 0.4) is 0 Å². The molecule has 1 heterocycles. The summed E-state index contributed by atoms with van der Waals surface area (Å²) in [6.07, 6.45) is 1.64. The highest BCUT2D eigenvalue weighted by Crippen LogP contribution is 2.17. The third kappa shape index (κ3) is 5.06. The number of aromatic nitrogens is 3. The number of hydrogen-bond donors (Lipinski definition) is 1. The lowest BCUT2D eigenvalue weighted by Gasteiger charge is -2.19. The minimum atomic E-state index is -0.150. The van der Waals surface area contributed by atoms with Gasteiger partial charge in [-0.25, -0.2) is 0 Å². The van der Waals surface area contributed by atoms with Crippen LogP contribution in [0.4, 0.5) is 5.69 Å².